The van der Waals surface area contributed by atoms with E-state index in [4.69, 9.17) is 4.74 Å². The Morgan fingerprint density at radius 2 is 1.55 bits per heavy atom. The van der Waals surface area contributed by atoms with E-state index in [0.717, 1.165) is 6.42 Å². The van der Waals surface area contributed by atoms with Crippen molar-refractivity contribution in [2.24, 2.45) is 5.92 Å². The lowest BCUT2D eigenvalue weighted by Gasteiger charge is -2.58. The van der Waals surface area contributed by atoms with Crippen LogP contribution in [0.3, 0.4) is 0 Å². The monoisotopic (exact) mass is 439 g/mol. The molecule has 0 amide bonds. The van der Waals surface area contributed by atoms with E-state index in [1.54, 1.807) is 5.57 Å². The molecule has 0 radical (unpaired) electrons. The van der Waals surface area contributed by atoms with Crippen molar-refractivity contribution in [3.8, 4) is 0 Å². The van der Waals surface area contributed by atoms with Crippen molar-refractivity contribution in [3.63, 3.8) is 0 Å². The SMILES string of the molecule is C(=C1/CCCC2=C1O[C@]1(N3CCCCC3)CCCC[C@H]1[C@H]2c1ccccc1)/c1ccccc1. The predicted octanol–water partition coefficient (Wildman–Crippen LogP) is 7.69. The highest BCUT2D eigenvalue weighted by Gasteiger charge is 2.55. The molecule has 0 N–H and O–H groups in total. The average molecular weight is 440 g/mol. The maximum absolute atomic E-state index is 7.40. The maximum atomic E-state index is 7.40. The quantitative estimate of drug-likeness (QED) is 0.486. The molecule has 2 heteroatoms. The zero-order chi connectivity index (χ0) is 22.1. The fraction of sp³-hybridized carbons (Fsp3) is 0.484. The van der Waals surface area contributed by atoms with Gasteiger partial charge in [-0.25, -0.2) is 0 Å². The Bertz CT molecular complexity index is 1020. The minimum atomic E-state index is -0.134. The number of benzene rings is 2. The highest BCUT2D eigenvalue weighted by molar-refractivity contribution is 5.60. The highest BCUT2D eigenvalue weighted by atomic mass is 16.5. The van der Waals surface area contributed by atoms with Gasteiger partial charge in [-0.2, -0.15) is 0 Å². The summed E-state index contributed by atoms with van der Waals surface area (Å²) in [4.78, 5) is 2.77. The van der Waals surface area contributed by atoms with Crippen LogP contribution in [0.15, 0.2) is 77.6 Å². The van der Waals surface area contributed by atoms with Gasteiger partial charge in [0.2, 0.25) is 0 Å². The van der Waals surface area contributed by atoms with Gasteiger partial charge in [0.1, 0.15) is 5.76 Å². The number of hydrogen-bond donors (Lipinski definition) is 0. The molecule has 6 rings (SSSR count). The number of allylic oxidation sites excluding steroid dienone is 2. The first-order valence-corrected chi connectivity index (χ1v) is 13.3. The number of likely N-dealkylation sites (tertiary alicyclic amines) is 1. The van der Waals surface area contributed by atoms with Crippen LogP contribution in [-0.4, -0.2) is 23.7 Å². The molecule has 2 aliphatic carbocycles. The first-order valence-electron chi connectivity index (χ1n) is 13.3. The molecule has 4 aliphatic rings. The topological polar surface area (TPSA) is 12.5 Å². The predicted molar refractivity (Wildman–Crippen MR) is 136 cm³/mol. The van der Waals surface area contributed by atoms with Crippen LogP contribution >= 0.6 is 0 Å². The molecule has 0 unspecified atom stereocenters. The maximum Gasteiger partial charge on any atom is 0.167 e. The summed E-state index contributed by atoms with van der Waals surface area (Å²) >= 11 is 0. The van der Waals surface area contributed by atoms with Crippen molar-refractivity contribution < 1.29 is 4.74 Å². The van der Waals surface area contributed by atoms with Crippen LogP contribution in [0.5, 0.6) is 0 Å². The van der Waals surface area contributed by atoms with Gasteiger partial charge in [0, 0.05) is 31.3 Å². The molecule has 1 saturated carbocycles. The highest BCUT2D eigenvalue weighted by Crippen LogP contribution is 2.57. The van der Waals surface area contributed by atoms with Gasteiger partial charge in [-0.05, 0) is 73.3 Å². The molecule has 172 valence electrons. The van der Waals surface area contributed by atoms with Gasteiger partial charge in [-0.1, -0.05) is 73.5 Å². The third-order valence-corrected chi connectivity index (χ3v) is 8.60. The molecule has 2 heterocycles. The third-order valence-electron chi connectivity index (χ3n) is 8.60. The van der Waals surface area contributed by atoms with E-state index >= 15 is 0 Å². The van der Waals surface area contributed by atoms with Crippen LogP contribution in [0.4, 0.5) is 0 Å². The molecule has 1 saturated heterocycles. The van der Waals surface area contributed by atoms with Crippen molar-refractivity contribution in [1.82, 2.24) is 4.90 Å². The second-order valence-corrected chi connectivity index (χ2v) is 10.5. The Kier molecular flexibility index (Phi) is 5.88. The molecule has 33 heavy (non-hydrogen) atoms. The number of piperidine rings is 1. The second-order valence-electron chi connectivity index (χ2n) is 10.5. The van der Waals surface area contributed by atoms with Crippen LogP contribution in [0.1, 0.15) is 81.3 Å². The zero-order valence-corrected chi connectivity index (χ0v) is 19.8. The summed E-state index contributed by atoms with van der Waals surface area (Å²) in [6.07, 6.45) is 15.0. The lowest BCUT2D eigenvalue weighted by atomic mass is 9.64. The molecule has 0 aromatic heterocycles. The summed E-state index contributed by atoms with van der Waals surface area (Å²) in [7, 11) is 0. The first-order chi connectivity index (χ1) is 16.4. The molecule has 3 atom stereocenters. The largest absolute Gasteiger partial charge is 0.472 e. The average Bonchev–Trinajstić information content (AvgIpc) is 2.89. The molecule has 2 aliphatic heterocycles. The number of fused-ring (bicyclic) bond motifs is 1. The Balaban J connectivity index is 1.51. The van der Waals surface area contributed by atoms with E-state index in [-0.39, 0.29) is 5.72 Å². The molecule has 0 spiro atoms. The summed E-state index contributed by atoms with van der Waals surface area (Å²) in [6, 6.07) is 22.2. The Hall–Kier alpha value is -2.32. The number of rotatable bonds is 3. The second kappa shape index (κ2) is 9.14. The minimum Gasteiger partial charge on any atom is -0.472 e. The molecule has 2 nitrogen and oxygen atoms in total. The van der Waals surface area contributed by atoms with E-state index in [1.807, 2.05) is 0 Å². The van der Waals surface area contributed by atoms with Gasteiger partial charge in [0.25, 0.3) is 0 Å². The van der Waals surface area contributed by atoms with E-state index < -0.39 is 0 Å². The third kappa shape index (κ3) is 3.87. The van der Waals surface area contributed by atoms with Crippen molar-refractivity contribution in [2.45, 2.75) is 75.9 Å². The van der Waals surface area contributed by atoms with Crippen LogP contribution in [0, 0.1) is 5.92 Å². The van der Waals surface area contributed by atoms with Gasteiger partial charge in [-0.3, -0.25) is 4.90 Å². The summed E-state index contributed by atoms with van der Waals surface area (Å²) in [5.74, 6) is 2.29. The summed E-state index contributed by atoms with van der Waals surface area (Å²) in [5.41, 5.74) is 5.66. The molecule has 0 bridgehead atoms. The smallest absolute Gasteiger partial charge is 0.167 e. The molecular formula is C31H37NO. The van der Waals surface area contributed by atoms with Gasteiger partial charge >= 0.3 is 0 Å². The lowest BCUT2D eigenvalue weighted by molar-refractivity contribution is -0.202. The molecule has 2 aromatic carbocycles. The summed E-state index contributed by atoms with van der Waals surface area (Å²) < 4.78 is 7.40. The van der Waals surface area contributed by atoms with Crippen molar-refractivity contribution >= 4 is 6.08 Å². The van der Waals surface area contributed by atoms with E-state index in [0.29, 0.717) is 11.8 Å². The van der Waals surface area contributed by atoms with Crippen LogP contribution < -0.4 is 0 Å². The van der Waals surface area contributed by atoms with Gasteiger partial charge < -0.3 is 4.74 Å². The van der Waals surface area contributed by atoms with E-state index in [1.165, 1.54) is 93.3 Å². The summed E-state index contributed by atoms with van der Waals surface area (Å²) in [6.45, 7) is 2.39. The molecule has 2 aromatic rings. The Labute approximate surface area is 199 Å². The van der Waals surface area contributed by atoms with Crippen LogP contribution in [0.2, 0.25) is 0 Å². The van der Waals surface area contributed by atoms with Crippen molar-refractivity contribution in [3.05, 3.63) is 88.7 Å². The van der Waals surface area contributed by atoms with E-state index in [9.17, 15) is 0 Å². The standard InChI is InChI=1S/C31H37NO/c1-4-13-24(14-5-1)23-26-17-12-18-27-29(25-15-6-2-7-16-25)28-19-8-9-20-31(28,33-30(26)27)32-21-10-3-11-22-32/h1-2,4-7,13-16,23,28-29H,3,8-12,17-22H2/b26-23+/t28-,29-,31+/m0/s1. The van der Waals surface area contributed by atoms with Crippen LogP contribution in [0.25, 0.3) is 6.08 Å². The summed E-state index contributed by atoms with van der Waals surface area (Å²) in [5, 5.41) is 0. The Morgan fingerprint density at radius 3 is 2.33 bits per heavy atom. The van der Waals surface area contributed by atoms with Gasteiger partial charge in [0.15, 0.2) is 5.72 Å². The number of ether oxygens (including phenoxy) is 1. The zero-order valence-electron chi connectivity index (χ0n) is 19.8. The van der Waals surface area contributed by atoms with E-state index in [2.05, 4.69) is 71.6 Å². The number of hydrogen-bond acceptors (Lipinski definition) is 2. The van der Waals surface area contributed by atoms with Crippen LogP contribution in [-0.2, 0) is 4.74 Å². The fourth-order valence-electron chi connectivity index (χ4n) is 7.17. The first kappa shape index (κ1) is 21.2. The molecular weight excluding hydrogens is 402 g/mol. The van der Waals surface area contributed by atoms with Gasteiger partial charge in [-0.15, -0.1) is 0 Å². The van der Waals surface area contributed by atoms with Crippen molar-refractivity contribution in [2.75, 3.05) is 13.1 Å². The minimum absolute atomic E-state index is 0.134. The van der Waals surface area contributed by atoms with Gasteiger partial charge in [0.05, 0.1) is 0 Å². The Morgan fingerprint density at radius 1 is 0.788 bits per heavy atom. The molecule has 2 fully saturated rings. The lowest BCUT2D eigenvalue weighted by Crippen LogP contribution is -2.61. The van der Waals surface area contributed by atoms with Crippen molar-refractivity contribution in [1.29, 1.82) is 0 Å². The normalized spacial score (nSPS) is 31.6. The number of nitrogens with zero attached hydrogens (tertiary/aromatic N) is 1. The fourth-order valence-corrected chi connectivity index (χ4v) is 7.17.